The van der Waals surface area contributed by atoms with E-state index in [0.717, 1.165) is 6.54 Å². The molecular weight excluding hydrogens is 254 g/mol. The quantitative estimate of drug-likeness (QED) is 0.556. The monoisotopic (exact) mass is 291 g/mol. The number of hydrogen-bond acceptors (Lipinski definition) is 1. The second-order valence-corrected chi connectivity index (χ2v) is 7.63. The van der Waals surface area contributed by atoms with Crippen LogP contribution in [0.25, 0.3) is 0 Å². The number of nitrogens with zero attached hydrogens (tertiary/aromatic N) is 1. The molecule has 1 aliphatic rings. The first-order valence-electron chi connectivity index (χ1n) is 8.80. The van der Waals surface area contributed by atoms with Crippen LogP contribution < -0.4 is 0 Å². The van der Waals surface area contributed by atoms with Crippen molar-refractivity contribution in [3.05, 3.63) is 23.8 Å². The fourth-order valence-corrected chi connectivity index (χ4v) is 4.59. The molecule has 0 amide bonds. The van der Waals surface area contributed by atoms with Gasteiger partial charge in [0.15, 0.2) is 0 Å². The molecule has 0 saturated carbocycles. The number of likely N-dealkylation sites (N-methyl/N-ethyl adjacent to an activating group) is 1. The summed E-state index contributed by atoms with van der Waals surface area (Å²) >= 11 is 0. The molecule has 0 N–H and O–H groups in total. The van der Waals surface area contributed by atoms with Gasteiger partial charge in [-0.1, -0.05) is 59.8 Å². The van der Waals surface area contributed by atoms with E-state index in [1.807, 2.05) is 0 Å². The highest BCUT2D eigenvalue weighted by Crippen LogP contribution is 2.64. The van der Waals surface area contributed by atoms with Crippen molar-refractivity contribution in [3.8, 4) is 0 Å². The molecular formula is C20H37N. The van der Waals surface area contributed by atoms with Gasteiger partial charge in [-0.25, -0.2) is 0 Å². The van der Waals surface area contributed by atoms with E-state index in [9.17, 15) is 0 Å². The second-order valence-electron chi connectivity index (χ2n) is 7.63. The smallest absolute Gasteiger partial charge is 0.0217 e. The van der Waals surface area contributed by atoms with Crippen molar-refractivity contribution in [3.63, 3.8) is 0 Å². The van der Waals surface area contributed by atoms with Gasteiger partial charge in [0.25, 0.3) is 0 Å². The van der Waals surface area contributed by atoms with Gasteiger partial charge in [0.1, 0.15) is 0 Å². The largest absolute Gasteiger partial charge is 0.305 e. The summed E-state index contributed by atoms with van der Waals surface area (Å²) in [6, 6.07) is 0. The zero-order valence-corrected chi connectivity index (χ0v) is 15.7. The van der Waals surface area contributed by atoms with E-state index in [2.05, 4.69) is 78.8 Å². The van der Waals surface area contributed by atoms with Gasteiger partial charge in [-0.15, -0.1) is 0 Å². The van der Waals surface area contributed by atoms with Gasteiger partial charge < -0.3 is 4.90 Å². The molecule has 1 aliphatic carbocycles. The van der Waals surface area contributed by atoms with E-state index in [1.165, 1.54) is 25.7 Å². The van der Waals surface area contributed by atoms with Gasteiger partial charge >= 0.3 is 0 Å². The highest BCUT2D eigenvalue weighted by molar-refractivity contribution is 5.41. The Kier molecular flexibility index (Phi) is 5.89. The van der Waals surface area contributed by atoms with Crippen molar-refractivity contribution in [1.29, 1.82) is 0 Å². The zero-order chi connectivity index (χ0) is 16.3. The summed E-state index contributed by atoms with van der Waals surface area (Å²) < 4.78 is 0. The summed E-state index contributed by atoms with van der Waals surface area (Å²) in [7, 11) is 4.38. The Morgan fingerprint density at radius 2 is 1.33 bits per heavy atom. The standard InChI is InChI=1S/C20H37N/c1-9-18(5,10-2)20(19(6,11-3)12-4)15-13-14-17(20)16-21(7)8/h13-15H,9-12,16H2,1-8H3. The molecule has 0 heterocycles. The van der Waals surface area contributed by atoms with Gasteiger partial charge in [0.2, 0.25) is 0 Å². The van der Waals surface area contributed by atoms with Crippen molar-refractivity contribution in [2.24, 2.45) is 16.2 Å². The molecule has 0 radical (unpaired) electrons. The first-order valence-corrected chi connectivity index (χ1v) is 8.80. The normalized spacial score (nSPS) is 18.4. The highest BCUT2D eigenvalue weighted by atomic mass is 15.1. The van der Waals surface area contributed by atoms with E-state index in [-0.39, 0.29) is 5.41 Å². The summed E-state index contributed by atoms with van der Waals surface area (Å²) in [4.78, 5) is 2.32. The van der Waals surface area contributed by atoms with Crippen LogP contribution in [0.2, 0.25) is 0 Å². The predicted octanol–water partition coefficient (Wildman–Crippen LogP) is 5.68. The highest BCUT2D eigenvalue weighted by Gasteiger charge is 2.56. The molecule has 0 unspecified atom stereocenters. The Labute approximate surface area is 133 Å². The minimum Gasteiger partial charge on any atom is -0.305 e. The molecule has 122 valence electrons. The predicted molar refractivity (Wildman–Crippen MR) is 95.6 cm³/mol. The van der Waals surface area contributed by atoms with Gasteiger partial charge in [0.05, 0.1) is 0 Å². The molecule has 0 fully saturated rings. The van der Waals surface area contributed by atoms with Crippen LogP contribution in [0.15, 0.2) is 23.8 Å². The topological polar surface area (TPSA) is 3.24 Å². The Morgan fingerprint density at radius 1 is 0.905 bits per heavy atom. The van der Waals surface area contributed by atoms with Crippen LogP contribution in [0.4, 0.5) is 0 Å². The molecule has 0 aromatic heterocycles. The number of hydrogen-bond donors (Lipinski definition) is 0. The van der Waals surface area contributed by atoms with E-state index in [4.69, 9.17) is 0 Å². The van der Waals surface area contributed by atoms with Gasteiger partial charge in [0, 0.05) is 12.0 Å². The zero-order valence-electron chi connectivity index (χ0n) is 15.7. The maximum absolute atomic E-state index is 2.55. The Bertz CT molecular complexity index is 374. The van der Waals surface area contributed by atoms with Crippen molar-refractivity contribution in [2.75, 3.05) is 20.6 Å². The third kappa shape index (κ3) is 2.74. The first kappa shape index (κ1) is 18.5. The van der Waals surface area contributed by atoms with Crippen LogP contribution in [-0.4, -0.2) is 25.5 Å². The van der Waals surface area contributed by atoms with Crippen molar-refractivity contribution < 1.29 is 0 Å². The molecule has 1 nitrogen and oxygen atoms in total. The van der Waals surface area contributed by atoms with E-state index in [0.29, 0.717) is 10.8 Å². The van der Waals surface area contributed by atoms with Gasteiger partial charge in [-0.3, -0.25) is 0 Å². The van der Waals surface area contributed by atoms with Crippen LogP contribution in [0.5, 0.6) is 0 Å². The Hall–Kier alpha value is -0.560. The first-order chi connectivity index (χ1) is 9.76. The minimum atomic E-state index is 0.192. The molecule has 1 heteroatoms. The molecule has 0 aromatic carbocycles. The van der Waals surface area contributed by atoms with Crippen LogP contribution >= 0.6 is 0 Å². The van der Waals surface area contributed by atoms with Crippen LogP contribution in [-0.2, 0) is 0 Å². The molecule has 0 atom stereocenters. The lowest BCUT2D eigenvalue weighted by Crippen LogP contribution is -2.51. The van der Waals surface area contributed by atoms with Crippen molar-refractivity contribution in [2.45, 2.75) is 67.2 Å². The molecule has 0 saturated heterocycles. The lowest BCUT2D eigenvalue weighted by Gasteiger charge is -2.58. The number of rotatable bonds is 8. The number of allylic oxidation sites excluding steroid dienone is 3. The van der Waals surface area contributed by atoms with Crippen LogP contribution in [0, 0.1) is 16.2 Å². The van der Waals surface area contributed by atoms with Gasteiger partial charge in [-0.2, -0.15) is 0 Å². The van der Waals surface area contributed by atoms with E-state index >= 15 is 0 Å². The Morgan fingerprint density at radius 3 is 1.67 bits per heavy atom. The summed E-state index contributed by atoms with van der Waals surface area (Å²) in [6.07, 6.45) is 12.2. The van der Waals surface area contributed by atoms with Crippen molar-refractivity contribution >= 4 is 0 Å². The third-order valence-electron chi connectivity index (χ3n) is 6.66. The maximum Gasteiger partial charge on any atom is 0.0217 e. The minimum absolute atomic E-state index is 0.192. The lowest BCUT2D eigenvalue weighted by molar-refractivity contribution is -0.0125. The lowest BCUT2D eigenvalue weighted by atomic mass is 9.46. The molecule has 0 aromatic rings. The SMILES string of the molecule is CCC(C)(CC)C1(C(C)(CC)CC)C=CC=C1CN(C)C. The van der Waals surface area contributed by atoms with E-state index < -0.39 is 0 Å². The van der Waals surface area contributed by atoms with E-state index in [1.54, 1.807) is 5.57 Å². The molecule has 0 bridgehead atoms. The average Bonchev–Trinajstić information content (AvgIpc) is 2.90. The molecule has 21 heavy (non-hydrogen) atoms. The summed E-state index contributed by atoms with van der Waals surface area (Å²) in [5, 5.41) is 0. The third-order valence-corrected chi connectivity index (χ3v) is 6.66. The molecule has 1 rings (SSSR count). The second kappa shape index (κ2) is 6.69. The molecule has 0 aliphatic heterocycles. The van der Waals surface area contributed by atoms with Crippen molar-refractivity contribution in [1.82, 2.24) is 4.90 Å². The molecule has 0 spiro atoms. The van der Waals surface area contributed by atoms with Gasteiger partial charge in [-0.05, 0) is 56.2 Å². The summed E-state index contributed by atoms with van der Waals surface area (Å²) in [6.45, 7) is 15.6. The Balaban J connectivity index is 3.51. The summed E-state index contributed by atoms with van der Waals surface area (Å²) in [5.41, 5.74) is 2.45. The maximum atomic E-state index is 2.55. The average molecular weight is 292 g/mol. The fraction of sp³-hybridized carbons (Fsp3) is 0.800. The summed E-state index contributed by atoms with van der Waals surface area (Å²) in [5.74, 6) is 0. The van der Waals surface area contributed by atoms with Crippen LogP contribution in [0.1, 0.15) is 67.2 Å². The van der Waals surface area contributed by atoms with Crippen LogP contribution in [0.3, 0.4) is 0 Å². The fourth-order valence-electron chi connectivity index (χ4n) is 4.59.